The molecule has 1 fully saturated rings. The number of benzene rings is 2. The van der Waals surface area contributed by atoms with Crippen LogP contribution < -0.4 is 24.8 Å². The van der Waals surface area contributed by atoms with Gasteiger partial charge in [0.15, 0.2) is 5.65 Å². The molecule has 0 bridgehead atoms. The molecular formula is C31H32N8O4. The van der Waals surface area contributed by atoms with Crippen molar-refractivity contribution in [3.8, 4) is 23.0 Å². The Kier molecular flexibility index (Phi) is 7.75. The van der Waals surface area contributed by atoms with Crippen molar-refractivity contribution < 1.29 is 19.0 Å². The standard InChI is InChI=1S/C31H32N8O4/c1-19-12-24(28(42-4)16-26(19)43-21-9-11-39-29(13-21)33-18-35-39)37-31-22-14-25(27(41-3)15-23(22)32-17-34-31)36-30(40)8-7-20-6-5-10-38(20)2/h7-9,11-18,20H,5-6,10H2,1-4H3,(H,36,40)(H,32,34,37)/b8-7+/t20-/m0/s1. The molecule has 2 N–H and O–H groups in total. The van der Waals surface area contributed by atoms with E-state index in [1.54, 1.807) is 43.1 Å². The predicted molar refractivity (Wildman–Crippen MR) is 164 cm³/mol. The number of aromatic nitrogens is 5. The van der Waals surface area contributed by atoms with Crippen molar-refractivity contribution in [2.24, 2.45) is 0 Å². The molecule has 1 aliphatic rings. The maximum atomic E-state index is 12.8. The van der Waals surface area contributed by atoms with Gasteiger partial charge in [0.2, 0.25) is 5.91 Å². The summed E-state index contributed by atoms with van der Waals surface area (Å²) >= 11 is 0. The minimum atomic E-state index is -0.236. The molecule has 3 aromatic heterocycles. The third-order valence-electron chi connectivity index (χ3n) is 7.49. The van der Waals surface area contributed by atoms with Crippen LogP contribution in [-0.4, -0.2) is 69.2 Å². The van der Waals surface area contributed by atoms with E-state index in [-0.39, 0.29) is 11.9 Å². The minimum Gasteiger partial charge on any atom is -0.494 e. The highest BCUT2D eigenvalue weighted by Gasteiger charge is 2.19. The lowest BCUT2D eigenvalue weighted by molar-refractivity contribution is -0.111. The Morgan fingerprint density at radius 1 is 1.00 bits per heavy atom. The molecule has 1 atom stereocenters. The second kappa shape index (κ2) is 11.9. The molecule has 12 heteroatoms. The number of carbonyl (C=O) groups is 1. The topological polar surface area (TPSA) is 128 Å². The lowest BCUT2D eigenvalue weighted by atomic mass is 10.1. The van der Waals surface area contributed by atoms with Crippen molar-refractivity contribution in [3.63, 3.8) is 0 Å². The molecule has 5 aromatic rings. The molecule has 0 aliphatic carbocycles. The number of amides is 1. The number of pyridine rings is 1. The zero-order valence-electron chi connectivity index (χ0n) is 24.4. The Bertz CT molecular complexity index is 1840. The summed E-state index contributed by atoms with van der Waals surface area (Å²) in [6, 6.07) is 11.2. The van der Waals surface area contributed by atoms with Crippen LogP contribution in [0.2, 0.25) is 0 Å². The quantitative estimate of drug-likeness (QED) is 0.227. The zero-order valence-corrected chi connectivity index (χ0v) is 24.4. The highest BCUT2D eigenvalue weighted by molar-refractivity contribution is 6.03. The first kappa shape index (κ1) is 27.9. The lowest BCUT2D eigenvalue weighted by Gasteiger charge is -2.17. The van der Waals surface area contributed by atoms with Crippen molar-refractivity contribution in [2.75, 3.05) is 38.4 Å². The summed E-state index contributed by atoms with van der Waals surface area (Å²) in [5, 5.41) is 11.1. The third kappa shape index (κ3) is 5.90. The van der Waals surface area contributed by atoms with Gasteiger partial charge in [-0.1, -0.05) is 6.08 Å². The molecule has 2 aromatic carbocycles. The van der Waals surface area contributed by atoms with Gasteiger partial charge in [0.1, 0.15) is 41.5 Å². The van der Waals surface area contributed by atoms with Crippen molar-refractivity contribution in [1.82, 2.24) is 29.5 Å². The van der Waals surface area contributed by atoms with Gasteiger partial charge in [-0.25, -0.2) is 19.5 Å². The van der Waals surface area contributed by atoms with Crippen LogP contribution in [0.15, 0.2) is 67.4 Å². The summed E-state index contributed by atoms with van der Waals surface area (Å²) in [5.41, 5.74) is 3.40. The smallest absolute Gasteiger partial charge is 0.248 e. The summed E-state index contributed by atoms with van der Waals surface area (Å²) in [6.07, 6.45) is 10.4. The van der Waals surface area contributed by atoms with Gasteiger partial charge in [-0.2, -0.15) is 5.10 Å². The summed E-state index contributed by atoms with van der Waals surface area (Å²) in [5.74, 6) is 2.61. The summed E-state index contributed by atoms with van der Waals surface area (Å²) in [7, 11) is 5.22. The van der Waals surface area contributed by atoms with Crippen LogP contribution in [-0.2, 0) is 4.79 Å². The molecule has 43 heavy (non-hydrogen) atoms. The number of likely N-dealkylation sites (N-methyl/N-ethyl adjacent to an activating group) is 1. The van der Waals surface area contributed by atoms with Crippen LogP contribution in [0.25, 0.3) is 16.6 Å². The Morgan fingerprint density at radius 3 is 2.63 bits per heavy atom. The highest BCUT2D eigenvalue weighted by Crippen LogP contribution is 2.38. The van der Waals surface area contributed by atoms with Crippen LogP contribution in [0.1, 0.15) is 18.4 Å². The Labute approximate surface area is 248 Å². The fraction of sp³-hybridized carbons (Fsp3) is 0.258. The molecule has 0 unspecified atom stereocenters. The minimum absolute atomic E-state index is 0.236. The van der Waals surface area contributed by atoms with Gasteiger partial charge in [0.25, 0.3) is 0 Å². The molecule has 1 aliphatic heterocycles. The second-order valence-corrected chi connectivity index (χ2v) is 10.3. The molecule has 4 heterocycles. The van der Waals surface area contributed by atoms with E-state index in [0.29, 0.717) is 56.7 Å². The van der Waals surface area contributed by atoms with Crippen molar-refractivity contribution in [2.45, 2.75) is 25.8 Å². The van der Waals surface area contributed by atoms with Crippen LogP contribution in [0.5, 0.6) is 23.0 Å². The van der Waals surface area contributed by atoms with E-state index in [9.17, 15) is 4.79 Å². The molecule has 6 rings (SSSR count). The zero-order chi connectivity index (χ0) is 29.9. The van der Waals surface area contributed by atoms with E-state index in [1.807, 2.05) is 37.3 Å². The molecule has 12 nitrogen and oxygen atoms in total. The summed E-state index contributed by atoms with van der Waals surface area (Å²) in [6.45, 7) is 2.98. The van der Waals surface area contributed by atoms with E-state index in [1.165, 1.54) is 12.7 Å². The van der Waals surface area contributed by atoms with Crippen LogP contribution in [0.4, 0.5) is 17.2 Å². The lowest BCUT2D eigenvalue weighted by Crippen LogP contribution is -2.23. The monoisotopic (exact) mass is 580 g/mol. The first-order chi connectivity index (χ1) is 20.9. The number of methoxy groups -OCH3 is 2. The molecule has 1 amide bonds. The van der Waals surface area contributed by atoms with E-state index in [4.69, 9.17) is 14.2 Å². The second-order valence-electron chi connectivity index (χ2n) is 10.3. The van der Waals surface area contributed by atoms with Gasteiger partial charge in [-0.3, -0.25) is 9.69 Å². The number of hydrogen-bond donors (Lipinski definition) is 2. The van der Waals surface area contributed by atoms with Gasteiger partial charge >= 0.3 is 0 Å². The summed E-state index contributed by atoms with van der Waals surface area (Å²) in [4.78, 5) is 28.2. The maximum absolute atomic E-state index is 12.8. The Balaban J connectivity index is 1.27. The highest BCUT2D eigenvalue weighted by atomic mass is 16.5. The fourth-order valence-electron chi connectivity index (χ4n) is 5.16. The fourth-order valence-corrected chi connectivity index (χ4v) is 5.16. The van der Waals surface area contributed by atoms with Crippen LogP contribution in [0.3, 0.4) is 0 Å². The van der Waals surface area contributed by atoms with Gasteiger partial charge in [0.05, 0.1) is 31.1 Å². The van der Waals surface area contributed by atoms with Gasteiger partial charge in [-0.15, -0.1) is 0 Å². The average Bonchev–Trinajstić information content (AvgIpc) is 3.65. The van der Waals surface area contributed by atoms with Gasteiger partial charge in [0, 0.05) is 41.9 Å². The number of likely N-dealkylation sites (tertiary alicyclic amines) is 1. The number of hydrogen-bond acceptors (Lipinski definition) is 10. The van der Waals surface area contributed by atoms with Crippen LogP contribution in [0, 0.1) is 6.92 Å². The van der Waals surface area contributed by atoms with E-state index >= 15 is 0 Å². The number of rotatable bonds is 9. The molecule has 0 radical (unpaired) electrons. The van der Waals surface area contributed by atoms with Gasteiger partial charge < -0.3 is 24.8 Å². The Hall–Kier alpha value is -5.23. The molecule has 0 spiro atoms. The third-order valence-corrected chi connectivity index (χ3v) is 7.49. The number of fused-ring (bicyclic) bond motifs is 2. The molecule has 220 valence electrons. The molecule has 0 saturated carbocycles. The first-order valence-corrected chi connectivity index (χ1v) is 13.9. The van der Waals surface area contributed by atoms with Gasteiger partial charge in [-0.05, 0) is 57.1 Å². The number of carbonyl (C=O) groups excluding carboxylic acids is 1. The average molecular weight is 581 g/mol. The maximum Gasteiger partial charge on any atom is 0.248 e. The first-order valence-electron chi connectivity index (χ1n) is 13.9. The number of nitrogens with zero attached hydrogens (tertiary/aromatic N) is 6. The number of anilines is 3. The van der Waals surface area contributed by atoms with Crippen LogP contribution >= 0.6 is 0 Å². The molecule has 1 saturated heterocycles. The largest absolute Gasteiger partial charge is 0.494 e. The predicted octanol–water partition coefficient (Wildman–Crippen LogP) is 5.12. The number of aryl methyl sites for hydroxylation is 1. The normalized spacial score (nSPS) is 15.3. The van der Waals surface area contributed by atoms with E-state index in [2.05, 4.69) is 42.6 Å². The number of nitrogens with one attached hydrogen (secondary N) is 2. The van der Waals surface area contributed by atoms with Crippen molar-refractivity contribution in [1.29, 1.82) is 0 Å². The summed E-state index contributed by atoms with van der Waals surface area (Å²) < 4.78 is 19.1. The molecular weight excluding hydrogens is 548 g/mol. The Morgan fingerprint density at radius 2 is 1.84 bits per heavy atom. The van der Waals surface area contributed by atoms with Crippen molar-refractivity contribution in [3.05, 3.63) is 73.0 Å². The van der Waals surface area contributed by atoms with Crippen molar-refractivity contribution >= 4 is 39.6 Å². The number of ether oxygens (including phenoxy) is 3. The van der Waals surface area contributed by atoms with E-state index < -0.39 is 0 Å². The van der Waals surface area contributed by atoms with E-state index in [0.717, 1.165) is 24.9 Å². The SMILES string of the molecule is COc1cc2ncnc(Nc3cc(C)c(Oc4ccn5ncnc5c4)cc3OC)c2cc1NC(=O)/C=C/[C@@H]1CCCN1C.